The van der Waals surface area contributed by atoms with E-state index in [9.17, 15) is 38.4 Å². The Balaban J connectivity index is 1.30. The summed E-state index contributed by atoms with van der Waals surface area (Å²) >= 11 is 1.43. The Morgan fingerprint density at radius 1 is 0.553 bits per heavy atom. The Labute approximate surface area is 500 Å². The molecule has 4 heterocycles. The lowest BCUT2D eigenvalue weighted by Crippen LogP contribution is -2.61. The van der Waals surface area contributed by atoms with Crippen molar-refractivity contribution in [2.24, 2.45) is 28.1 Å². The van der Waals surface area contributed by atoms with Gasteiger partial charge in [0.1, 0.15) is 54.4 Å². The van der Waals surface area contributed by atoms with Gasteiger partial charge in [-0.2, -0.15) is 11.8 Å². The minimum atomic E-state index is -1.30. The molecule has 7 rings (SSSR count). The van der Waals surface area contributed by atoms with Crippen molar-refractivity contribution in [1.29, 1.82) is 0 Å². The lowest BCUT2D eigenvalue weighted by atomic mass is 9.99. The van der Waals surface area contributed by atoms with Crippen LogP contribution in [0, 0.1) is 5.92 Å². The molecule has 0 aliphatic carbocycles. The smallest absolute Gasteiger partial charge is 0.246 e. The number of thioether (sulfide) groups is 1. The van der Waals surface area contributed by atoms with Gasteiger partial charge in [0.2, 0.25) is 53.2 Å². The molecular weight excluding hydrogens is 1100 g/mol. The number of aromatic amines is 1. The number of aromatic nitrogens is 1. The molecule has 0 saturated carbocycles. The number of carbonyl (C=O) groups is 9. The standard InChI is InChI=1S/C61H84N14O9S/c1-37(2)51-58(82)69-44(24-14-29-65-61(63)64)53(77)67-43(23-12-13-28-62)52(76)68-45(27-32-85-3)54(78)70-46(33-38-17-6-4-7-18-38)55(79)72-48(34-39-19-8-5-9-20-39)59(83)75-31-16-26-50(75)60(84)74-30-15-25-49(74)57(81)71-47(56(80)73-51)35-40-36-66-42-22-11-10-21-41(40)42/h4-11,17-22,36-37,43-51,66H,12-16,23-35,62H2,1-3H3,(H,67,77)(H,68,76)(H,69,82)(H,70,78)(H,71,81)(H,72,79)(H,73,80)(H4,63,64,65)/t43-,44-,45-,46+,47+,48-,49-,50-,51-/m0/s1. The van der Waals surface area contributed by atoms with Crippen LogP contribution in [0.5, 0.6) is 0 Å². The van der Waals surface area contributed by atoms with Crippen molar-refractivity contribution >= 4 is 81.8 Å². The average molecular weight is 1190 g/mol. The molecule has 24 heteroatoms. The molecule has 23 nitrogen and oxygen atoms in total. The summed E-state index contributed by atoms with van der Waals surface area (Å²) in [6.07, 6.45) is 6.33. The van der Waals surface area contributed by atoms with Crippen LogP contribution in [0.4, 0.5) is 0 Å². The van der Waals surface area contributed by atoms with E-state index in [2.05, 4.69) is 47.2 Å². The number of para-hydroxylation sites is 1. The number of benzene rings is 3. The van der Waals surface area contributed by atoms with Crippen molar-refractivity contribution < 1.29 is 43.2 Å². The van der Waals surface area contributed by atoms with Crippen LogP contribution in [0.15, 0.2) is 96.1 Å². The molecular formula is C61H84N14O9S. The number of amides is 9. The molecule has 0 unspecified atom stereocenters. The summed E-state index contributed by atoms with van der Waals surface area (Å²) in [5, 5.41) is 21.0. The van der Waals surface area contributed by atoms with E-state index in [1.54, 1.807) is 44.3 Å². The van der Waals surface area contributed by atoms with Gasteiger partial charge in [0, 0.05) is 56.0 Å². The van der Waals surface area contributed by atoms with E-state index in [1.807, 2.05) is 66.9 Å². The third-order valence-electron chi connectivity index (χ3n) is 15.9. The molecule has 0 bridgehead atoms. The average Bonchev–Trinajstić information content (AvgIpc) is 2.59. The van der Waals surface area contributed by atoms with Crippen LogP contribution in [-0.4, -0.2) is 166 Å². The molecule has 9 atom stereocenters. The van der Waals surface area contributed by atoms with Gasteiger partial charge in [-0.25, -0.2) is 0 Å². The quantitative estimate of drug-likeness (QED) is 0.0379. The molecule has 9 amide bonds. The van der Waals surface area contributed by atoms with Crippen LogP contribution in [0.25, 0.3) is 10.9 Å². The van der Waals surface area contributed by atoms with Crippen molar-refractivity contribution in [3.05, 3.63) is 108 Å². The molecule has 0 spiro atoms. The first kappa shape index (κ1) is 64.6. The van der Waals surface area contributed by atoms with Crippen molar-refractivity contribution in [3.8, 4) is 0 Å². The van der Waals surface area contributed by atoms with Gasteiger partial charge in [-0.15, -0.1) is 0 Å². The van der Waals surface area contributed by atoms with E-state index in [4.69, 9.17) is 17.2 Å². The fraction of sp³-hybridized carbons (Fsp3) is 0.508. The largest absolute Gasteiger partial charge is 0.370 e. The molecule has 3 aliphatic rings. The summed E-state index contributed by atoms with van der Waals surface area (Å²) in [5.41, 5.74) is 20.0. The maximum atomic E-state index is 15.2. The number of nitrogens with one attached hydrogen (secondary N) is 8. The number of nitrogens with zero attached hydrogens (tertiary/aromatic N) is 3. The van der Waals surface area contributed by atoms with Crippen molar-refractivity contribution in [2.45, 2.75) is 152 Å². The topological polar surface area (TPSA) is 351 Å². The molecule has 3 fully saturated rings. The number of unbranched alkanes of at least 4 members (excludes halogenated alkanes) is 1. The number of hydrogen-bond acceptors (Lipinski definition) is 12. The zero-order chi connectivity index (χ0) is 61.0. The SMILES string of the molecule is CSCC[C@@H]1NC(=O)[C@H](CCCCN)NC(=O)[C@H](CCCN=C(N)N)NC(=O)[C@H](C(C)C)NC(=O)[C@@H](Cc2c[nH]c3ccccc23)NC(=O)[C@@H]2CCCN2C(=O)[C@@H]2CCCN2C(=O)[C@H](Cc2ccccc2)NC(=O)[C@@H](Cc2ccccc2)NC1=O. The predicted octanol–water partition coefficient (Wildman–Crippen LogP) is 1.18. The molecule has 85 heavy (non-hydrogen) atoms. The third-order valence-corrected chi connectivity index (χ3v) is 16.5. The second-order valence-corrected chi connectivity index (χ2v) is 23.4. The number of hydrogen-bond donors (Lipinski definition) is 11. The van der Waals surface area contributed by atoms with Crippen LogP contribution in [0.1, 0.15) is 94.7 Å². The Bertz CT molecular complexity index is 2980. The third kappa shape index (κ3) is 18.0. The van der Waals surface area contributed by atoms with Gasteiger partial charge in [-0.1, -0.05) is 92.7 Å². The van der Waals surface area contributed by atoms with Crippen LogP contribution in [0.3, 0.4) is 0 Å². The number of carbonyl (C=O) groups excluding carboxylic acids is 9. The predicted molar refractivity (Wildman–Crippen MR) is 326 cm³/mol. The Morgan fingerprint density at radius 2 is 1.05 bits per heavy atom. The highest BCUT2D eigenvalue weighted by Gasteiger charge is 2.45. The Morgan fingerprint density at radius 3 is 1.66 bits per heavy atom. The van der Waals surface area contributed by atoms with E-state index in [1.165, 1.54) is 21.6 Å². The molecule has 0 radical (unpaired) electrons. The molecule has 4 aromatic rings. The van der Waals surface area contributed by atoms with Gasteiger partial charge in [0.05, 0.1) is 0 Å². The zero-order valence-electron chi connectivity index (χ0n) is 48.8. The van der Waals surface area contributed by atoms with Gasteiger partial charge < -0.3 is 69.2 Å². The monoisotopic (exact) mass is 1190 g/mol. The first-order valence-electron chi connectivity index (χ1n) is 29.6. The van der Waals surface area contributed by atoms with Crippen molar-refractivity contribution in [1.82, 2.24) is 52.0 Å². The highest BCUT2D eigenvalue weighted by Crippen LogP contribution is 2.27. The molecule has 14 N–H and O–H groups in total. The normalized spacial score (nSPS) is 24.5. The molecule has 3 saturated heterocycles. The fourth-order valence-electron chi connectivity index (χ4n) is 11.3. The van der Waals surface area contributed by atoms with Crippen molar-refractivity contribution in [3.63, 3.8) is 0 Å². The maximum absolute atomic E-state index is 15.2. The zero-order valence-corrected chi connectivity index (χ0v) is 49.6. The van der Waals surface area contributed by atoms with Gasteiger partial charge in [0.15, 0.2) is 5.96 Å². The molecule has 458 valence electrons. The van der Waals surface area contributed by atoms with Gasteiger partial charge in [-0.05, 0) is 111 Å². The van der Waals surface area contributed by atoms with Gasteiger partial charge >= 0.3 is 0 Å². The first-order valence-corrected chi connectivity index (χ1v) is 31.0. The summed E-state index contributed by atoms with van der Waals surface area (Å²) in [6.45, 7) is 4.19. The van der Waals surface area contributed by atoms with E-state index in [-0.39, 0.29) is 89.9 Å². The van der Waals surface area contributed by atoms with Gasteiger partial charge in [-0.3, -0.25) is 48.1 Å². The van der Waals surface area contributed by atoms with E-state index >= 15 is 4.79 Å². The van der Waals surface area contributed by atoms with Crippen molar-refractivity contribution in [2.75, 3.05) is 38.2 Å². The first-order chi connectivity index (χ1) is 41.0. The summed E-state index contributed by atoms with van der Waals surface area (Å²) < 4.78 is 0. The summed E-state index contributed by atoms with van der Waals surface area (Å²) in [5.74, 6) is -6.23. The van der Waals surface area contributed by atoms with E-state index < -0.39 is 113 Å². The minimum Gasteiger partial charge on any atom is -0.370 e. The number of rotatable bonds is 18. The molecule has 3 aromatic carbocycles. The number of H-pyrrole nitrogens is 1. The minimum absolute atomic E-state index is 0.00736. The second kappa shape index (κ2) is 31.8. The van der Waals surface area contributed by atoms with E-state index in [0.29, 0.717) is 42.6 Å². The second-order valence-electron chi connectivity index (χ2n) is 22.4. The van der Waals surface area contributed by atoms with Crippen LogP contribution in [0.2, 0.25) is 0 Å². The van der Waals surface area contributed by atoms with Crippen LogP contribution in [-0.2, 0) is 62.4 Å². The maximum Gasteiger partial charge on any atom is 0.246 e. The lowest BCUT2D eigenvalue weighted by Gasteiger charge is -2.34. The van der Waals surface area contributed by atoms with E-state index in [0.717, 1.165) is 16.5 Å². The summed E-state index contributed by atoms with van der Waals surface area (Å²) in [4.78, 5) is 144. The Kier molecular flexibility index (Phi) is 24.1. The highest BCUT2D eigenvalue weighted by molar-refractivity contribution is 7.98. The fourth-order valence-corrected chi connectivity index (χ4v) is 11.7. The van der Waals surface area contributed by atoms with Gasteiger partial charge in [0.25, 0.3) is 0 Å². The number of aliphatic imine (C=N–C) groups is 1. The molecule has 1 aromatic heterocycles. The summed E-state index contributed by atoms with van der Waals surface area (Å²) in [7, 11) is 0. The number of guanidine groups is 1. The van der Waals surface area contributed by atoms with Crippen LogP contribution >= 0.6 is 11.8 Å². The molecule has 3 aliphatic heterocycles. The Hall–Kier alpha value is -7.99. The lowest BCUT2D eigenvalue weighted by molar-refractivity contribution is -0.148. The highest BCUT2D eigenvalue weighted by atomic mass is 32.2. The van der Waals surface area contributed by atoms with Crippen LogP contribution < -0.4 is 54.4 Å². The number of fused-ring (bicyclic) bond motifs is 3. The number of nitrogens with two attached hydrogens (primary N) is 3. The summed E-state index contributed by atoms with van der Waals surface area (Å²) in [6, 6.07) is 14.7.